The van der Waals surface area contributed by atoms with Gasteiger partial charge in [0.1, 0.15) is 6.10 Å². The van der Waals surface area contributed by atoms with Gasteiger partial charge in [0.15, 0.2) is 11.6 Å². The van der Waals surface area contributed by atoms with Gasteiger partial charge < -0.3 is 5.11 Å². The van der Waals surface area contributed by atoms with Crippen LogP contribution in [0.2, 0.25) is 5.02 Å². The number of nitrogens with zero attached hydrogens (tertiary/aromatic N) is 2. The topological polar surface area (TPSA) is 38.0 Å². The normalized spacial score (nSPS) is 12.8. The average Bonchev–Trinajstić information content (AvgIpc) is 2.65. The lowest BCUT2D eigenvalue weighted by Crippen LogP contribution is -2.09. The second-order valence-corrected chi connectivity index (χ2v) is 4.87. The number of aliphatic hydroxyl groups excluding tert-OH is 1. The van der Waals surface area contributed by atoms with Crippen LogP contribution in [0.4, 0.5) is 8.78 Å². The molecule has 0 saturated heterocycles. The van der Waals surface area contributed by atoms with Crippen LogP contribution < -0.4 is 0 Å². The van der Waals surface area contributed by atoms with E-state index < -0.39 is 17.7 Å². The van der Waals surface area contributed by atoms with Crippen LogP contribution in [0.3, 0.4) is 0 Å². The van der Waals surface area contributed by atoms with Gasteiger partial charge in [-0.2, -0.15) is 5.10 Å². The monoisotopic (exact) mass is 336 g/mol. The van der Waals surface area contributed by atoms with Gasteiger partial charge in [-0.1, -0.05) is 17.7 Å². The first-order valence-electron chi connectivity index (χ1n) is 4.92. The molecule has 1 aromatic carbocycles. The molecule has 0 bridgehead atoms. The molecule has 0 aliphatic carbocycles. The Kier molecular flexibility index (Phi) is 3.70. The van der Waals surface area contributed by atoms with Crippen LogP contribution in [0.25, 0.3) is 0 Å². The number of hydrogen-bond donors (Lipinski definition) is 1. The van der Waals surface area contributed by atoms with Gasteiger partial charge >= 0.3 is 0 Å². The number of hydrogen-bond acceptors (Lipinski definition) is 2. The molecule has 1 unspecified atom stereocenters. The Hall–Kier alpha value is -0.980. The van der Waals surface area contributed by atoms with Crippen LogP contribution in [0.5, 0.6) is 0 Å². The number of aryl methyl sites for hydroxylation is 1. The Balaban J connectivity index is 2.53. The zero-order valence-electron chi connectivity index (χ0n) is 9.16. The van der Waals surface area contributed by atoms with Gasteiger partial charge in [0, 0.05) is 12.6 Å². The van der Waals surface area contributed by atoms with Crippen LogP contribution in [0.15, 0.2) is 22.8 Å². The van der Waals surface area contributed by atoms with Crippen molar-refractivity contribution in [3.63, 3.8) is 0 Å². The fourth-order valence-electron chi connectivity index (χ4n) is 1.63. The molecule has 1 N–H and O–H groups in total. The summed E-state index contributed by atoms with van der Waals surface area (Å²) < 4.78 is 27.6. The second-order valence-electron chi connectivity index (χ2n) is 3.67. The van der Waals surface area contributed by atoms with E-state index in [4.69, 9.17) is 11.6 Å². The molecule has 0 amide bonds. The predicted octanol–water partition coefficient (Wildman–Crippen LogP) is 3.20. The van der Waals surface area contributed by atoms with Crippen LogP contribution >= 0.6 is 27.5 Å². The Bertz CT molecular complexity index is 583. The summed E-state index contributed by atoms with van der Waals surface area (Å²) >= 11 is 8.81. The highest BCUT2D eigenvalue weighted by Gasteiger charge is 2.23. The average molecular weight is 338 g/mol. The Morgan fingerprint density at radius 2 is 2.11 bits per heavy atom. The van der Waals surface area contributed by atoms with Gasteiger partial charge in [0.25, 0.3) is 0 Å². The first kappa shape index (κ1) is 13.5. The minimum atomic E-state index is -1.20. The third-order valence-corrected chi connectivity index (χ3v) is 3.65. The predicted molar refractivity (Wildman–Crippen MR) is 66.3 cm³/mol. The van der Waals surface area contributed by atoms with Gasteiger partial charge in [-0.05, 0) is 22.0 Å². The van der Waals surface area contributed by atoms with Crippen molar-refractivity contribution >= 4 is 27.5 Å². The molecule has 1 heterocycles. The maximum absolute atomic E-state index is 13.4. The molecule has 0 aliphatic heterocycles. The van der Waals surface area contributed by atoms with Crippen LogP contribution in [-0.2, 0) is 7.05 Å². The van der Waals surface area contributed by atoms with Crippen molar-refractivity contribution in [3.8, 4) is 0 Å². The highest BCUT2D eigenvalue weighted by Crippen LogP contribution is 2.33. The Labute approximate surface area is 115 Å². The maximum atomic E-state index is 13.4. The van der Waals surface area contributed by atoms with Gasteiger partial charge in [0.05, 0.1) is 21.4 Å². The van der Waals surface area contributed by atoms with Crippen molar-refractivity contribution in [2.75, 3.05) is 0 Å². The molecule has 0 fully saturated rings. The lowest BCUT2D eigenvalue weighted by atomic mass is 10.1. The van der Waals surface area contributed by atoms with E-state index in [2.05, 4.69) is 21.0 Å². The summed E-state index contributed by atoms with van der Waals surface area (Å²) in [6, 6.07) is 2.24. The smallest absolute Gasteiger partial charge is 0.173 e. The third-order valence-electron chi connectivity index (χ3n) is 2.56. The van der Waals surface area contributed by atoms with E-state index >= 15 is 0 Å². The molecular weight excluding hydrogens is 329 g/mol. The van der Waals surface area contributed by atoms with E-state index in [1.54, 1.807) is 7.05 Å². The number of rotatable bonds is 2. The summed E-state index contributed by atoms with van der Waals surface area (Å²) in [5.41, 5.74) is 0.489. The molecule has 1 aromatic heterocycles. The quantitative estimate of drug-likeness (QED) is 0.855. The SMILES string of the molecule is Cn1ncc(Cl)c1C(O)c1ccc(F)c(F)c1Br. The molecule has 0 aliphatic rings. The van der Waals surface area contributed by atoms with Crippen LogP contribution in [0.1, 0.15) is 17.4 Å². The zero-order valence-corrected chi connectivity index (χ0v) is 11.5. The fourth-order valence-corrected chi connectivity index (χ4v) is 2.43. The van der Waals surface area contributed by atoms with Crippen molar-refractivity contribution in [2.45, 2.75) is 6.10 Å². The summed E-state index contributed by atoms with van der Waals surface area (Å²) in [5.74, 6) is -2.04. The number of halogens is 4. The van der Waals surface area contributed by atoms with E-state index in [0.717, 1.165) is 6.07 Å². The third kappa shape index (κ3) is 2.15. The molecule has 3 nitrogen and oxygen atoms in total. The van der Waals surface area contributed by atoms with Crippen LogP contribution in [0, 0.1) is 11.6 Å². The minimum absolute atomic E-state index is 0.132. The van der Waals surface area contributed by atoms with E-state index in [1.807, 2.05) is 0 Å². The standard InChI is InChI=1S/C11H8BrClF2N2O/c1-17-10(6(13)4-16-17)11(18)5-2-3-7(14)9(15)8(5)12/h2-4,11,18H,1H3. The maximum Gasteiger partial charge on any atom is 0.173 e. The summed E-state index contributed by atoms with van der Waals surface area (Å²) in [6.07, 6.45) is 0.169. The highest BCUT2D eigenvalue weighted by atomic mass is 79.9. The molecule has 1 atom stereocenters. The molecule has 0 saturated carbocycles. The Morgan fingerprint density at radius 3 is 2.67 bits per heavy atom. The molecule has 2 rings (SSSR count). The highest BCUT2D eigenvalue weighted by molar-refractivity contribution is 9.10. The lowest BCUT2D eigenvalue weighted by Gasteiger charge is -2.14. The van der Waals surface area contributed by atoms with Gasteiger partial charge in [-0.3, -0.25) is 4.68 Å². The lowest BCUT2D eigenvalue weighted by molar-refractivity contribution is 0.208. The van der Waals surface area contributed by atoms with Crippen molar-refractivity contribution < 1.29 is 13.9 Å². The summed E-state index contributed by atoms with van der Waals surface area (Å²) in [7, 11) is 1.60. The summed E-state index contributed by atoms with van der Waals surface area (Å²) in [6.45, 7) is 0. The molecule has 0 spiro atoms. The minimum Gasteiger partial charge on any atom is -0.382 e. The van der Waals surface area contributed by atoms with Crippen molar-refractivity contribution in [3.05, 3.63) is 50.7 Å². The molecule has 18 heavy (non-hydrogen) atoms. The first-order chi connectivity index (χ1) is 8.43. The number of benzene rings is 1. The number of aromatic nitrogens is 2. The van der Waals surface area contributed by atoms with Gasteiger partial charge in [-0.15, -0.1) is 0 Å². The molecule has 0 radical (unpaired) electrons. The van der Waals surface area contributed by atoms with E-state index in [9.17, 15) is 13.9 Å². The fraction of sp³-hybridized carbons (Fsp3) is 0.182. The van der Waals surface area contributed by atoms with Gasteiger partial charge in [0.2, 0.25) is 0 Å². The van der Waals surface area contributed by atoms with E-state index in [0.29, 0.717) is 5.69 Å². The summed E-state index contributed by atoms with van der Waals surface area (Å²) in [5, 5.41) is 14.3. The van der Waals surface area contributed by atoms with E-state index in [1.165, 1.54) is 16.9 Å². The Morgan fingerprint density at radius 1 is 1.44 bits per heavy atom. The van der Waals surface area contributed by atoms with Crippen LogP contribution in [-0.4, -0.2) is 14.9 Å². The zero-order chi connectivity index (χ0) is 13.4. The number of aliphatic hydroxyl groups is 1. The second kappa shape index (κ2) is 4.95. The first-order valence-corrected chi connectivity index (χ1v) is 6.09. The molecule has 2 aromatic rings. The van der Waals surface area contributed by atoms with Crippen molar-refractivity contribution in [1.29, 1.82) is 0 Å². The van der Waals surface area contributed by atoms with Gasteiger partial charge in [-0.25, -0.2) is 8.78 Å². The molecule has 96 valence electrons. The molecular formula is C11H8BrClF2N2O. The molecule has 7 heteroatoms. The van der Waals surface area contributed by atoms with Crippen molar-refractivity contribution in [1.82, 2.24) is 9.78 Å². The van der Waals surface area contributed by atoms with Crippen molar-refractivity contribution in [2.24, 2.45) is 7.05 Å². The summed E-state index contributed by atoms with van der Waals surface area (Å²) in [4.78, 5) is 0. The largest absolute Gasteiger partial charge is 0.382 e. The van der Waals surface area contributed by atoms with E-state index in [-0.39, 0.29) is 15.1 Å².